The van der Waals surface area contributed by atoms with Gasteiger partial charge in [-0.15, -0.1) is 15.3 Å². The molecule has 3 aromatic rings. The molecular formula is C27H34FN7O2. The molecule has 196 valence electrons. The number of aromatic nitrogens is 5. The summed E-state index contributed by atoms with van der Waals surface area (Å²) in [6.45, 7) is 5.77. The van der Waals surface area contributed by atoms with Gasteiger partial charge in [-0.3, -0.25) is 0 Å². The molecule has 2 saturated carbocycles. The number of halogens is 1. The number of hydrogen-bond donors (Lipinski definition) is 2. The van der Waals surface area contributed by atoms with Crippen molar-refractivity contribution >= 4 is 5.95 Å². The average Bonchev–Trinajstić information content (AvgIpc) is 3.73. The molecule has 0 spiro atoms. The van der Waals surface area contributed by atoms with E-state index in [4.69, 9.17) is 10.5 Å². The topological polar surface area (TPSA) is 123 Å². The highest BCUT2D eigenvalue weighted by atomic mass is 19.1. The van der Waals surface area contributed by atoms with Crippen LogP contribution < -0.4 is 15.4 Å². The lowest BCUT2D eigenvalue weighted by Gasteiger charge is -2.37. The summed E-state index contributed by atoms with van der Waals surface area (Å²) in [5.41, 5.74) is 8.94. The Bertz CT molecular complexity index is 1270. The number of anilines is 1. The van der Waals surface area contributed by atoms with E-state index in [2.05, 4.69) is 25.4 Å². The first-order chi connectivity index (χ1) is 17.7. The number of phenolic OH excluding ortho intramolecular Hbond substituents is 1. The Hall–Kier alpha value is -3.40. The van der Waals surface area contributed by atoms with Crippen LogP contribution in [0.5, 0.6) is 11.5 Å². The average molecular weight is 508 g/mol. The number of benzene rings is 1. The lowest BCUT2D eigenvalue weighted by atomic mass is 9.91. The zero-order valence-corrected chi connectivity index (χ0v) is 21.7. The van der Waals surface area contributed by atoms with Crippen LogP contribution in [0, 0.1) is 12.8 Å². The lowest BCUT2D eigenvalue weighted by Crippen LogP contribution is -2.50. The highest BCUT2D eigenvalue weighted by Gasteiger charge is 2.45. The molecule has 10 heteroatoms. The molecule has 1 unspecified atom stereocenters. The summed E-state index contributed by atoms with van der Waals surface area (Å²) in [6.07, 6.45) is 4.59. The highest BCUT2D eigenvalue weighted by molar-refractivity contribution is 5.73. The summed E-state index contributed by atoms with van der Waals surface area (Å²) in [7, 11) is 1.58. The van der Waals surface area contributed by atoms with E-state index < -0.39 is 17.8 Å². The van der Waals surface area contributed by atoms with Crippen LogP contribution in [0.15, 0.2) is 30.5 Å². The second-order valence-electron chi connectivity index (χ2n) is 10.8. The first-order valence-corrected chi connectivity index (χ1v) is 12.8. The SMILES string of the molecule is COc1cc(-c2ccc(-c3cnc(N(C4CC4)[C@H]4C[C@@](C)(N)CCC(C)[C@H]4F)nn3)c(O)c2)nnc1C. The van der Waals surface area contributed by atoms with Crippen molar-refractivity contribution in [3.05, 3.63) is 36.2 Å². The summed E-state index contributed by atoms with van der Waals surface area (Å²) in [6, 6.07) is 6.74. The fourth-order valence-corrected chi connectivity index (χ4v) is 5.18. The van der Waals surface area contributed by atoms with Gasteiger partial charge in [0.1, 0.15) is 29.1 Å². The van der Waals surface area contributed by atoms with Crippen molar-refractivity contribution in [2.75, 3.05) is 12.0 Å². The number of aryl methyl sites for hydroxylation is 1. The molecule has 0 saturated heterocycles. The third-order valence-electron chi connectivity index (χ3n) is 7.56. The Morgan fingerprint density at radius 1 is 1.11 bits per heavy atom. The molecule has 3 N–H and O–H groups in total. The standard InChI is InChI=1S/C27H34FN7O2/c1-15-9-10-27(3,29)13-22(25(15)28)35(18-6-7-18)26-30-14-21(33-34-26)19-8-5-17(11-23(19)36)20-12-24(37-4)16(2)31-32-20/h5,8,11-12,14-15,18,22,25,36H,6-7,9-10,13,29H2,1-4H3/t15?,22-,25+,27-/m0/s1. The van der Waals surface area contributed by atoms with E-state index in [1.165, 1.54) is 0 Å². The van der Waals surface area contributed by atoms with Crippen LogP contribution in [0.2, 0.25) is 0 Å². The fourth-order valence-electron chi connectivity index (χ4n) is 5.18. The quantitative estimate of drug-likeness (QED) is 0.472. The number of ether oxygens (including phenoxy) is 1. The van der Waals surface area contributed by atoms with Gasteiger partial charge in [0.05, 0.1) is 25.0 Å². The van der Waals surface area contributed by atoms with Crippen molar-refractivity contribution < 1.29 is 14.2 Å². The van der Waals surface area contributed by atoms with Gasteiger partial charge in [0.2, 0.25) is 5.95 Å². The molecule has 2 aliphatic carbocycles. The Morgan fingerprint density at radius 3 is 2.51 bits per heavy atom. The van der Waals surface area contributed by atoms with Gasteiger partial charge >= 0.3 is 0 Å². The number of phenols is 1. The summed E-state index contributed by atoms with van der Waals surface area (Å²) in [5.74, 6) is 0.953. The van der Waals surface area contributed by atoms with E-state index in [1.807, 2.05) is 31.7 Å². The molecule has 0 radical (unpaired) electrons. The molecule has 9 nitrogen and oxygen atoms in total. The summed E-state index contributed by atoms with van der Waals surface area (Å²) >= 11 is 0. The van der Waals surface area contributed by atoms with Gasteiger partial charge in [0, 0.05) is 28.8 Å². The minimum absolute atomic E-state index is 0.0158. The number of nitrogens with zero attached hydrogens (tertiary/aromatic N) is 6. The second kappa shape index (κ2) is 9.81. The summed E-state index contributed by atoms with van der Waals surface area (Å²) in [4.78, 5) is 6.58. The predicted molar refractivity (Wildman–Crippen MR) is 139 cm³/mol. The lowest BCUT2D eigenvalue weighted by molar-refractivity contribution is 0.192. The van der Waals surface area contributed by atoms with Crippen LogP contribution in [0.1, 0.15) is 51.6 Å². The minimum Gasteiger partial charge on any atom is -0.507 e. The zero-order valence-electron chi connectivity index (χ0n) is 21.7. The van der Waals surface area contributed by atoms with Crippen LogP contribution in [0.25, 0.3) is 22.5 Å². The van der Waals surface area contributed by atoms with E-state index in [0.717, 1.165) is 25.7 Å². The van der Waals surface area contributed by atoms with Crippen molar-refractivity contribution in [2.45, 2.75) is 76.7 Å². The van der Waals surface area contributed by atoms with E-state index in [1.54, 1.807) is 31.5 Å². The maximum atomic E-state index is 15.6. The monoisotopic (exact) mass is 507 g/mol. The molecule has 1 aromatic carbocycles. The van der Waals surface area contributed by atoms with Crippen LogP contribution in [-0.2, 0) is 0 Å². The molecule has 4 atom stereocenters. The highest BCUT2D eigenvalue weighted by Crippen LogP contribution is 2.40. The number of alkyl halides is 1. The Labute approximate surface area is 216 Å². The number of aromatic hydroxyl groups is 1. The number of rotatable bonds is 6. The molecule has 0 amide bonds. The molecule has 2 aliphatic rings. The predicted octanol–water partition coefficient (Wildman–Crippen LogP) is 4.23. The number of nitrogens with two attached hydrogens (primary N) is 1. The van der Waals surface area contributed by atoms with Crippen LogP contribution >= 0.6 is 0 Å². The van der Waals surface area contributed by atoms with Crippen molar-refractivity contribution in [2.24, 2.45) is 11.7 Å². The molecular weight excluding hydrogens is 473 g/mol. The molecule has 2 heterocycles. The minimum atomic E-state index is -1.02. The van der Waals surface area contributed by atoms with Gasteiger partial charge in [-0.25, -0.2) is 9.37 Å². The summed E-state index contributed by atoms with van der Waals surface area (Å²) < 4.78 is 20.9. The molecule has 5 rings (SSSR count). The Balaban J connectivity index is 1.42. The first kappa shape index (κ1) is 25.3. The van der Waals surface area contributed by atoms with Gasteiger partial charge in [-0.1, -0.05) is 13.0 Å². The normalized spacial score (nSPS) is 25.9. The summed E-state index contributed by atoms with van der Waals surface area (Å²) in [5, 5.41) is 27.8. The third-order valence-corrected chi connectivity index (χ3v) is 7.56. The van der Waals surface area contributed by atoms with Crippen molar-refractivity contribution in [3.63, 3.8) is 0 Å². The smallest absolute Gasteiger partial charge is 0.245 e. The van der Waals surface area contributed by atoms with Crippen molar-refractivity contribution in [1.82, 2.24) is 25.4 Å². The maximum absolute atomic E-state index is 15.6. The van der Waals surface area contributed by atoms with Crippen molar-refractivity contribution in [1.29, 1.82) is 0 Å². The van der Waals surface area contributed by atoms with Gasteiger partial charge in [-0.05, 0) is 64.0 Å². The Kier molecular flexibility index (Phi) is 6.70. The largest absolute Gasteiger partial charge is 0.507 e. The van der Waals surface area contributed by atoms with E-state index in [9.17, 15) is 5.11 Å². The number of methoxy groups -OCH3 is 1. The first-order valence-electron chi connectivity index (χ1n) is 12.8. The molecule has 2 aromatic heterocycles. The van der Waals surface area contributed by atoms with Gasteiger partial charge in [0.25, 0.3) is 0 Å². The fraction of sp³-hybridized carbons (Fsp3) is 0.519. The molecule has 2 fully saturated rings. The molecule has 0 bridgehead atoms. The molecule has 0 aliphatic heterocycles. The van der Waals surface area contributed by atoms with Crippen molar-refractivity contribution in [3.8, 4) is 34.0 Å². The van der Waals surface area contributed by atoms with Crippen LogP contribution in [0.4, 0.5) is 10.3 Å². The Morgan fingerprint density at radius 2 is 1.86 bits per heavy atom. The van der Waals surface area contributed by atoms with E-state index in [-0.39, 0.29) is 17.7 Å². The van der Waals surface area contributed by atoms with Gasteiger partial charge in [-0.2, -0.15) is 5.10 Å². The maximum Gasteiger partial charge on any atom is 0.245 e. The second-order valence-corrected chi connectivity index (χ2v) is 10.8. The van der Waals surface area contributed by atoms with E-state index in [0.29, 0.717) is 46.3 Å². The zero-order chi connectivity index (χ0) is 26.3. The molecule has 37 heavy (non-hydrogen) atoms. The third kappa shape index (κ3) is 5.20. The van der Waals surface area contributed by atoms with Crippen LogP contribution in [-0.4, -0.2) is 61.4 Å². The number of hydrogen-bond acceptors (Lipinski definition) is 9. The van der Waals surface area contributed by atoms with Gasteiger partial charge in [0.15, 0.2) is 0 Å². The van der Waals surface area contributed by atoms with Gasteiger partial charge < -0.3 is 20.5 Å². The van der Waals surface area contributed by atoms with E-state index >= 15 is 4.39 Å². The van der Waals surface area contributed by atoms with Crippen LogP contribution in [0.3, 0.4) is 0 Å².